The summed E-state index contributed by atoms with van der Waals surface area (Å²) in [4.78, 5) is 26.8. The Bertz CT molecular complexity index is 727. The van der Waals surface area contributed by atoms with Gasteiger partial charge in [-0.3, -0.25) is 9.59 Å². The topological polar surface area (TPSA) is 37.4 Å². The Hall–Kier alpha value is -2.13. The number of ketones is 1. The number of rotatable bonds is 6. The molecule has 3 nitrogen and oxygen atoms in total. The number of amides is 1. The fourth-order valence-electron chi connectivity index (χ4n) is 3.41. The molecule has 0 spiro atoms. The van der Waals surface area contributed by atoms with Crippen LogP contribution in [0.25, 0.3) is 0 Å². The largest absolute Gasteiger partial charge is 0.339 e. The molecule has 1 heterocycles. The monoisotopic (exact) mass is 355 g/mol. The van der Waals surface area contributed by atoms with Gasteiger partial charge >= 0.3 is 0 Å². The summed E-state index contributed by atoms with van der Waals surface area (Å²) in [6.45, 7) is 0.797. The van der Waals surface area contributed by atoms with Gasteiger partial charge in [-0.05, 0) is 49.1 Å². The number of hydrogen-bond acceptors (Lipinski definition) is 2. The van der Waals surface area contributed by atoms with Gasteiger partial charge in [0.15, 0.2) is 5.78 Å². The molecule has 1 aliphatic rings. The van der Waals surface area contributed by atoms with Crippen molar-refractivity contribution in [2.75, 3.05) is 6.54 Å². The van der Waals surface area contributed by atoms with Crippen LogP contribution >= 0.6 is 11.6 Å². The molecule has 0 N–H and O–H groups in total. The van der Waals surface area contributed by atoms with Gasteiger partial charge in [-0.15, -0.1) is 0 Å². The van der Waals surface area contributed by atoms with Crippen LogP contribution in [-0.2, 0) is 11.2 Å². The van der Waals surface area contributed by atoms with Gasteiger partial charge in [0.1, 0.15) is 0 Å². The zero-order valence-corrected chi connectivity index (χ0v) is 14.9. The molecule has 1 unspecified atom stereocenters. The molecule has 0 radical (unpaired) electrons. The third kappa shape index (κ3) is 4.70. The van der Waals surface area contributed by atoms with Gasteiger partial charge in [-0.1, -0.05) is 41.9 Å². The Kier molecular flexibility index (Phi) is 5.87. The van der Waals surface area contributed by atoms with E-state index in [1.54, 1.807) is 24.3 Å². The molecule has 1 aliphatic heterocycles. The van der Waals surface area contributed by atoms with Crippen LogP contribution in [0.2, 0.25) is 5.02 Å². The van der Waals surface area contributed by atoms with Crippen LogP contribution in [0.5, 0.6) is 0 Å². The van der Waals surface area contributed by atoms with Gasteiger partial charge in [0, 0.05) is 36.0 Å². The lowest BCUT2D eigenvalue weighted by Crippen LogP contribution is -2.36. The van der Waals surface area contributed by atoms with Crippen molar-refractivity contribution in [3.8, 4) is 0 Å². The van der Waals surface area contributed by atoms with Crippen LogP contribution < -0.4 is 0 Å². The van der Waals surface area contributed by atoms with E-state index in [1.165, 1.54) is 5.56 Å². The molecule has 2 aromatic carbocycles. The molecule has 25 heavy (non-hydrogen) atoms. The van der Waals surface area contributed by atoms with Crippen molar-refractivity contribution in [2.45, 2.75) is 38.1 Å². The lowest BCUT2D eigenvalue weighted by atomic mass is 10.0. The van der Waals surface area contributed by atoms with E-state index in [-0.39, 0.29) is 30.6 Å². The zero-order valence-electron chi connectivity index (χ0n) is 14.2. The van der Waals surface area contributed by atoms with Crippen molar-refractivity contribution < 1.29 is 9.59 Å². The first-order valence-corrected chi connectivity index (χ1v) is 9.13. The van der Waals surface area contributed by atoms with E-state index in [1.807, 2.05) is 23.1 Å². The van der Waals surface area contributed by atoms with Crippen LogP contribution in [0.15, 0.2) is 54.6 Å². The standard InChI is InChI=1S/C21H22ClNO2/c22-18-10-8-17(9-11-18)20(24)12-13-21(25)23-14-4-7-19(23)15-16-5-2-1-3-6-16/h1-3,5-6,8-11,19H,4,7,12-15H2. The molecular formula is C21H22ClNO2. The van der Waals surface area contributed by atoms with Crippen molar-refractivity contribution in [1.82, 2.24) is 4.90 Å². The maximum atomic E-state index is 12.6. The number of Topliss-reactive ketones (excluding diaryl/α,β-unsaturated/α-hetero) is 1. The van der Waals surface area contributed by atoms with Crippen molar-refractivity contribution in [2.24, 2.45) is 0 Å². The lowest BCUT2D eigenvalue weighted by molar-refractivity contribution is -0.131. The number of benzene rings is 2. The number of halogens is 1. The molecule has 0 aromatic heterocycles. The number of nitrogens with zero attached hydrogens (tertiary/aromatic N) is 1. The van der Waals surface area contributed by atoms with Gasteiger partial charge in [-0.25, -0.2) is 0 Å². The van der Waals surface area contributed by atoms with Gasteiger partial charge in [0.2, 0.25) is 5.91 Å². The SMILES string of the molecule is O=C(CCC(=O)N1CCCC1Cc1ccccc1)c1ccc(Cl)cc1. The highest BCUT2D eigenvalue weighted by Gasteiger charge is 2.28. The lowest BCUT2D eigenvalue weighted by Gasteiger charge is -2.25. The van der Waals surface area contributed by atoms with Crippen molar-refractivity contribution in [1.29, 1.82) is 0 Å². The first-order valence-electron chi connectivity index (χ1n) is 8.75. The maximum absolute atomic E-state index is 12.6. The first-order chi connectivity index (χ1) is 12.1. The maximum Gasteiger partial charge on any atom is 0.223 e. The summed E-state index contributed by atoms with van der Waals surface area (Å²) in [6, 6.07) is 17.3. The number of hydrogen-bond donors (Lipinski definition) is 0. The summed E-state index contributed by atoms with van der Waals surface area (Å²) in [5.41, 5.74) is 1.86. The quantitative estimate of drug-likeness (QED) is 0.713. The molecular weight excluding hydrogens is 334 g/mol. The molecule has 1 amide bonds. The molecule has 1 saturated heterocycles. The van der Waals surface area contributed by atoms with E-state index < -0.39 is 0 Å². The highest BCUT2D eigenvalue weighted by Crippen LogP contribution is 2.22. The minimum absolute atomic E-state index is 0.0103. The van der Waals surface area contributed by atoms with Crippen molar-refractivity contribution >= 4 is 23.3 Å². The molecule has 1 fully saturated rings. The highest BCUT2D eigenvalue weighted by molar-refractivity contribution is 6.30. The van der Waals surface area contributed by atoms with Crippen molar-refractivity contribution in [3.05, 3.63) is 70.7 Å². The minimum Gasteiger partial charge on any atom is -0.339 e. The summed E-state index contributed by atoms with van der Waals surface area (Å²) in [5.74, 6) is 0.0737. The minimum atomic E-state index is -0.0103. The predicted molar refractivity (Wildman–Crippen MR) is 99.9 cm³/mol. The fourth-order valence-corrected chi connectivity index (χ4v) is 3.53. The normalized spacial score (nSPS) is 16.8. The molecule has 1 atom stereocenters. The third-order valence-corrected chi connectivity index (χ3v) is 5.00. The van der Waals surface area contributed by atoms with Gasteiger partial charge in [0.05, 0.1) is 0 Å². The predicted octanol–water partition coefficient (Wildman–Crippen LogP) is 4.54. The van der Waals surface area contributed by atoms with E-state index in [4.69, 9.17) is 11.6 Å². The van der Waals surface area contributed by atoms with Crippen LogP contribution in [-0.4, -0.2) is 29.2 Å². The molecule has 0 saturated carbocycles. The average Bonchev–Trinajstić information content (AvgIpc) is 3.09. The van der Waals surface area contributed by atoms with E-state index in [9.17, 15) is 9.59 Å². The summed E-state index contributed by atoms with van der Waals surface area (Å²) >= 11 is 5.84. The Labute approximate surface area is 153 Å². The molecule has 0 bridgehead atoms. The molecule has 0 aliphatic carbocycles. The van der Waals surface area contributed by atoms with E-state index in [0.29, 0.717) is 10.6 Å². The Morgan fingerprint density at radius 1 is 1.00 bits per heavy atom. The fraction of sp³-hybridized carbons (Fsp3) is 0.333. The summed E-state index contributed by atoms with van der Waals surface area (Å²) in [6.07, 6.45) is 3.47. The zero-order chi connectivity index (χ0) is 17.6. The number of carbonyl (C=O) groups is 2. The molecule has 3 rings (SSSR count). The van der Waals surface area contributed by atoms with E-state index >= 15 is 0 Å². The Morgan fingerprint density at radius 3 is 2.44 bits per heavy atom. The second kappa shape index (κ2) is 8.30. The summed E-state index contributed by atoms with van der Waals surface area (Å²) in [7, 11) is 0. The van der Waals surface area contributed by atoms with Crippen LogP contribution in [0, 0.1) is 0 Å². The van der Waals surface area contributed by atoms with E-state index in [2.05, 4.69) is 12.1 Å². The first kappa shape index (κ1) is 17.7. The Morgan fingerprint density at radius 2 is 1.72 bits per heavy atom. The summed E-state index contributed by atoms with van der Waals surface area (Å²) in [5, 5.41) is 0.605. The van der Waals surface area contributed by atoms with Crippen LogP contribution in [0.1, 0.15) is 41.6 Å². The molecule has 130 valence electrons. The molecule has 4 heteroatoms. The van der Waals surface area contributed by atoms with Crippen molar-refractivity contribution in [3.63, 3.8) is 0 Å². The van der Waals surface area contributed by atoms with Crippen LogP contribution in [0.3, 0.4) is 0 Å². The second-order valence-electron chi connectivity index (χ2n) is 6.50. The second-order valence-corrected chi connectivity index (χ2v) is 6.94. The summed E-state index contributed by atoms with van der Waals surface area (Å²) < 4.78 is 0. The smallest absolute Gasteiger partial charge is 0.223 e. The highest BCUT2D eigenvalue weighted by atomic mass is 35.5. The third-order valence-electron chi connectivity index (χ3n) is 4.74. The van der Waals surface area contributed by atoms with Gasteiger partial charge in [-0.2, -0.15) is 0 Å². The molecule has 2 aromatic rings. The van der Waals surface area contributed by atoms with Gasteiger partial charge in [0.25, 0.3) is 0 Å². The Balaban J connectivity index is 1.55. The average molecular weight is 356 g/mol. The van der Waals surface area contributed by atoms with E-state index in [0.717, 1.165) is 25.8 Å². The van der Waals surface area contributed by atoms with Gasteiger partial charge < -0.3 is 4.90 Å². The number of likely N-dealkylation sites (tertiary alicyclic amines) is 1. The van der Waals surface area contributed by atoms with Crippen LogP contribution in [0.4, 0.5) is 0 Å². The number of carbonyl (C=O) groups excluding carboxylic acids is 2.